The van der Waals surface area contributed by atoms with E-state index in [4.69, 9.17) is 23.7 Å². The maximum Gasteiger partial charge on any atom is 0.275 e. The first-order valence-electron chi connectivity index (χ1n) is 7.50. The van der Waals surface area contributed by atoms with E-state index in [0.29, 0.717) is 36.1 Å². The molecule has 0 fully saturated rings. The molecule has 128 valence electrons. The van der Waals surface area contributed by atoms with Crippen molar-refractivity contribution < 1.29 is 28.5 Å². The van der Waals surface area contributed by atoms with Gasteiger partial charge in [0.15, 0.2) is 23.8 Å². The molecule has 8 nitrogen and oxygen atoms in total. The Hall–Kier alpha value is -2.74. The fourth-order valence-corrected chi connectivity index (χ4v) is 2.19. The Balaban J connectivity index is 1.57. The van der Waals surface area contributed by atoms with E-state index in [9.17, 15) is 4.79 Å². The van der Waals surface area contributed by atoms with Crippen LogP contribution in [0.5, 0.6) is 17.2 Å². The molecule has 2 aromatic rings. The van der Waals surface area contributed by atoms with Crippen LogP contribution in [-0.2, 0) is 6.61 Å². The summed E-state index contributed by atoms with van der Waals surface area (Å²) in [5, 5.41) is 8.80. The highest BCUT2D eigenvalue weighted by Crippen LogP contribution is 2.35. The molecule has 2 heterocycles. The van der Waals surface area contributed by atoms with Gasteiger partial charge in [0.05, 0.1) is 0 Å². The molecule has 24 heavy (non-hydrogen) atoms. The minimum atomic E-state index is -0.262. The van der Waals surface area contributed by atoms with E-state index in [1.165, 1.54) is 11.2 Å². The summed E-state index contributed by atoms with van der Waals surface area (Å²) in [5.74, 6) is 1.93. The zero-order chi connectivity index (χ0) is 16.9. The first-order chi connectivity index (χ1) is 11.7. The minimum absolute atomic E-state index is 0.0328. The second-order valence-electron chi connectivity index (χ2n) is 5.23. The molecular weight excluding hydrogens is 316 g/mol. The van der Waals surface area contributed by atoms with Crippen LogP contribution >= 0.6 is 0 Å². The van der Waals surface area contributed by atoms with Crippen LogP contribution < -0.4 is 14.2 Å². The van der Waals surface area contributed by atoms with E-state index in [2.05, 4.69) is 4.98 Å². The molecule has 1 N–H and O–H groups in total. The number of rotatable bonds is 7. The zero-order valence-corrected chi connectivity index (χ0v) is 13.2. The molecule has 1 aromatic heterocycles. The molecule has 0 unspecified atom stereocenters. The van der Waals surface area contributed by atoms with Crippen molar-refractivity contribution in [2.24, 2.45) is 0 Å². The molecule has 1 aromatic carbocycles. The Morgan fingerprint density at radius 1 is 1.38 bits per heavy atom. The van der Waals surface area contributed by atoms with Gasteiger partial charge in [0.25, 0.3) is 5.91 Å². The number of fused-ring (bicyclic) bond motifs is 1. The summed E-state index contributed by atoms with van der Waals surface area (Å²) < 4.78 is 21.4. The van der Waals surface area contributed by atoms with Crippen molar-refractivity contribution in [2.45, 2.75) is 13.0 Å². The smallest absolute Gasteiger partial charge is 0.275 e. The van der Waals surface area contributed by atoms with E-state index >= 15 is 0 Å². The van der Waals surface area contributed by atoms with E-state index in [0.717, 1.165) is 0 Å². The number of nitrogens with zero attached hydrogens (tertiary/aromatic N) is 2. The van der Waals surface area contributed by atoms with Crippen molar-refractivity contribution >= 4 is 5.91 Å². The van der Waals surface area contributed by atoms with Crippen molar-refractivity contribution in [3.63, 3.8) is 0 Å². The van der Waals surface area contributed by atoms with E-state index in [1.807, 2.05) is 0 Å². The average molecular weight is 334 g/mol. The van der Waals surface area contributed by atoms with Crippen LogP contribution in [0, 0.1) is 0 Å². The number of benzene rings is 1. The van der Waals surface area contributed by atoms with Crippen molar-refractivity contribution in [2.75, 3.05) is 27.0 Å². The van der Waals surface area contributed by atoms with Crippen LogP contribution in [0.1, 0.15) is 22.8 Å². The van der Waals surface area contributed by atoms with Gasteiger partial charge in [0.2, 0.25) is 12.7 Å². The van der Waals surface area contributed by atoms with Gasteiger partial charge in [-0.05, 0) is 18.6 Å². The largest absolute Gasteiger partial charge is 0.484 e. The van der Waals surface area contributed by atoms with Gasteiger partial charge in [0, 0.05) is 26.3 Å². The molecule has 0 aliphatic carbocycles. The lowest BCUT2D eigenvalue weighted by molar-refractivity contribution is 0.0780. The van der Waals surface area contributed by atoms with Gasteiger partial charge in [-0.1, -0.05) is 0 Å². The molecule has 0 saturated carbocycles. The van der Waals surface area contributed by atoms with Crippen LogP contribution in [-0.4, -0.2) is 47.9 Å². The second kappa shape index (κ2) is 7.22. The third kappa shape index (κ3) is 3.60. The van der Waals surface area contributed by atoms with Gasteiger partial charge >= 0.3 is 0 Å². The number of hydrogen-bond acceptors (Lipinski definition) is 7. The number of aliphatic hydroxyl groups excluding tert-OH is 1. The predicted octanol–water partition coefficient (Wildman–Crippen LogP) is 1.44. The highest BCUT2D eigenvalue weighted by Gasteiger charge is 2.17. The van der Waals surface area contributed by atoms with Crippen molar-refractivity contribution in [3.8, 4) is 17.2 Å². The number of aliphatic hydroxyl groups is 1. The predicted molar refractivity (Wildman–Crippen MR) is 82.1 cm³/mol. The minimum Gasteiger partial charge on any atom is -0.484 e. The van der Waals surface area contributed by atoms with Crippen LogP contribution in [0.3, 0.4) is 0 Å². The molecule has 0 radical (unpaired) electrons. The molecular formula is C16H18N2O6. The topological polar surface area (TPSA) is 94.3 Å². The number of carbonyl (C=O) groups excluding carboxylic acids is 1. The number of hydrogen-bond donors (Lipinski definition) is 1. The summed E-state index contributed by atoms with van der Waals surface area (Å²) in [5.41, 5.74) is 0.208. The number of oxazole rings is 1. The van der Waals surface area contributed by atoms with Crippen molar-refractivity contribution in [1.29, 1.82) is 0 Å². The molecule has 1 amide bonds. The zero-order valence-electron chi connectivity index (χ0n) is 13.2. The molecule has 0 saturated heterocycles. The summed E-state index contributed by atoms with van der Waals surface area (Å²) in [4.78, 5) is 17.7. The normalized spacial score (nSPS) is 12.2. The second-order valence-corrected chi connectivity index (χ2v) is 5.23. The number of aromatic nitrogens is 1. The van der Waals surface area contributed by atoms with Crippen molar-refractivity contribution in [3.05, 3.63) is 36.0 Å². The monoisotopic (exact) mass is 334 g/mol. The molecule has 0 bridgehead atoms. The molecule has 3 rings (SSSR count). The first-order valence-corrected chi connectivity index (χ1v) is 7.50. The molecule has 0 spiro atoms. The summed E-state index contributed by atoms with van der Waals surface area (Å²) in [6, 6.07) is 5.24. The van der Waals surface area contributed by atoms with Crippen LogP contribution in [0.4, 0.5) is 0 Å². The van der Waals surface area contributed by atoms with E-state index in [1.54, 1.807) is 25.2 Å². The standard InChI is InChI=1S/C16H18N2O6/c1-18(5-2-6-19)16(20)12-8-22-15(17-12)9-21-11-3-4-13-14(7-11)24-10-23-13/h3-4,7-8,19H,2,5-6,9-10H2,1H3. The van der Waals surface area contributed by atoms with Gasteiger partial charge < -0.3 is 28.6 Å². The first kappa shape index (κ1) is 16.1. The molecule has 8 heteroatoms. The maximum absolute atomic E-state index is 12.1. The van der Waals surface area contributed by atoms with Crippen LogP contribution in [0.15, 0.2) is 28.9 Å². The van der Waals surface area contributed by atoms with Gasteiger partial charge in [-0.2, -0.15) is 0 Å². The summed E-state index contributed by atoms with van der Waals surface area (Å²) in [6.07, 6.45) is 1.82. The lowest BCUT2D eigenvalue weighted by Crippen LogP contribution is -2.28. The van der Waals surface area contributed by atoms with Gasteiger partial charge in [-0.3, -0.25) is 4.79 Å². The highest BCUT2D eigenvalue weighted by atomic mass is 16.7. The number of amides is 1. The van der Waals surface area contributed by atoms with Gasteiger partial charge in [-0.15, -0.1) is 0 Å². The van der Waals surface area contributed by atoms with Crippen LogP contribution in [0.2, 0.25) is 0 Å². The van der Waals surface area contributed by atoms with Gasteiger partial charge in [0.1, 0.15) is 12.0 Å². The Kier molecular flexibility index (Phi) is 4.85. The molecule has 1 aliphatic rings. The molecule has 0 atom stereocenters. The van der Waals surface area contributed by atoms with Gasteiger partial charge in [-0.25, -0.2) is 4.98 Å². The summed E-state index contributed by atoms with van der Waals surface area (Å²) >= 11 is 0. The van der Waals surface area contributed by atoms with Crippen LogP contribution in [0.25, 0.3) is 0 Å². The Morgan fingerprint density at radius 2 is 2.21 bits per heavy atom. The van der Waals surface area contributed by atoms with Crippen molar-refractivity contribution in [1.82, 2.24) is 9.88 Å². The molecule has 1 aliphatic heterocycles. The third-order valence-corrected chi connectivity index (χ3v) is 3.48. The summed E-state index contributed by atoms with van der Waals surface area (Å²) in [6.45, 7) is 0.775. The maximum atomic E-state index is 12.1. The fraction of sp³-hybridized carbons (Fsp3) is 0.375. The lowest BCUT2D eigenvalue weighted by Gasteiger charge is -2.14. The fourth-order valence-electron chi connectivity index (χ4n) is 2.19. The van der Waals surface area contributed by atoms with E-state index < -0.39 is 0 Å². The number of ether oxygens (including phenoxy) is 3. The number of carbonyl (C=O) groups is 1. The average Bonchev–Trinajstić information content (AvgIpc) is 3.25. The van der Waals surface area contributed by atoms with E-state index in [-0.39, 0.29) is 31.6 Å². The SMILES string of the molecule is CN(CCCO)C(=O)c1coc(COc2ccc3c(c2)OCO3)n1. The Labute approximate surface area is 138 Å². The quantitative estimate of drug-likeness (QED) is 0.818. The third-order valence-electron chi connectivity index (χ3n) is 3.48. The Bertz CT molecular complexity index is 714. The Morgan fingerprint density at radius 3 is 3.04 bits per heavy atom. The highest BCUT2D eigenvalue weighted by molar-refractivity contribution is 5.91. The lowest BCUT2D eigenvalue weighted by atomic mass is 10.3. The summed E-state index contributed by atoms with van der Waals surface area (Å²) in [7, 11) is 1.65.